The Balaban J connectivity index is 1.50. The van der Waals surface area contributed by atoms with Crippen LogP contribution >= 0.6 is 0 Å². The molecule has 0 aromatic heterocycles. The average molecular weight is 453 g/mol. The minimum Gasteiger partial charge on any atom is -0.465 e. The summed E-state index contributed by atoms with van der Waals surface area (Å²) in [7, 11) is 1.30. The van der Waals surface area contributed by atoms with Gasteiger partial charge in [0.15, 0.2) is 0 Å². The number of rotatable bonds is 6. The van der Waals surface area contributed by atoms with Crippen LogP contribution < -0.4 is 15.5 Å². The van der Waals surface area contributed by atoms with Gasteiger partial charge < -0.3 is 29.7 Å². The van der Waals surface area contributed by atoms with Gasteiger partial charge in [0.2, 0.25) is 0 Å². The van der Waals surface area contributed by atoms with Gasteiger partial charge in [-0.3, -0.25) is 9.59 Å². The van der Waals surface area contributed by atoms with Gasteiger partial charge in [-0.25, -0.2) is 4.79 Å². The molecule has 9 nitrogen and oxygen atoms in total. The third-order valence-electron chi connectivity index (χ3n) is 5.65. The molecule has 0 bridgehead atoms. The van der Waals surface area contributed by atoms with Crippen LogP contribution in [0, 0.1) is 0 Å². The van der Waals surface area contributed by atoms with Crippen molar-refractivity contribution < 1.29 is 28.6 Å². The zero-order valence-electron chi connectivity index (χ0n) is 18.5. The van der Waals surface area contributed by atoms with Crippen LogP contribution in [0.2, 0.25) is 0 Å². The van der Waals surface area contributed by atoms with Gasteiger partial charge in [-0.05, 0) is 49.2 Å². The highest BCUT2D eigenvalue weighted by Crippen LogP contribution is 2.26. The second-order valence-electron chi connectivity index (χ2n) is 7.85. The minimum absolute atomic E-state index is 0.225. The first-order chi connectivity index (χ1) is 16.0. The highest BCUT2D eigenvalue weighted by molar-refractivity contribution is 6.09. The molecule has 0 saturated carbocycles. The predicted octanol–water partition coefficient (Wildman–Crippen LogP) is 2.68. The van der Waals surface area contributed by atoms with Crippen molar-refractivity contribution in [2.24, 2.45) is 0 Å². The number of carbonyl (C=O) groups excluding carboxylic acids is 3. The quantitative estimate of drug-likeness (QED) is 0.648. The van der Waals surface area contributed by atoms with Crippen molar-refractivity contribution in [3.8, 4) is 0 Å². The van der Waals surface area contributed by atoms with E-state index in [9.17, 15) is 14.4 Å². The monoisotopic (exact) mass is 453 g/mol. The Hall–Kier alpha value is -3.43. The Morgan fingerprint density at radius 3 is 2.58 bits per heavy atom. The number of carbonyl (C=O) groups is 3. The standard InChI is InChI=1S/C24H27N3O6/c1-31-24(30)19-15-18(27-9-12-32-13-10-27)7-8-20(19)26-22(28)16-4-2-5-17(14-16)25-23(29)21-6-3-11-33-21/h2,4-5,7-8,14-15,21H,3,6,9-13H2,1H3,(H,25,29)(H,26,28). The summed E-state index contributed by atoms with van der Waals surface area (Å²) in [6, 6.07) is 11.9. The van der Waals surface area contributed by atoms with Crippen LogP contribution in [0.25, 0.3) is 0 Å². The van der Waals surface area contributed by atoms with Crippen LogP contribution in [-0.2, 0) is 19.0 Å². The Labute approximate surface area is 192 Å². The fourth-order valence-electron chi connectivity index (χ4n) is 3.88. The third-order valence-corrected chi connectivity index (χ3v) is 5.65. The molecular weight excluding hydrogens is 426 g/mol. The largest absolute Gasteiger partial charge is 0.465 e. The molecule has 174 valence electrons. The van der Waals surface area contributed by atoms with Crippen LogP contribution in [-0.4, -0.2) is 63.9 Å². The molecule has 2 heterocycles. The summed E-state index contributed by atoms with van der Waals surface area (Å²) < 4.78 is 15.7. The second-order valence-corrected chi connectivity index (χ2v) is 7.85. The summed E-state index contributed by atoms with van der Waals surface area (Å²) in [5, 5.41) is 5.58. The number of ether oxygens (including phenoxy) is 3. The normalized spacial score (nSPS) is 18.0. The Morgan fingerprint density at radius 2 is 1.85 bits per heavy atom. The number of benzene rings is 2. The molecule has 0 radical (unpaired) electrons. The molecule has 2 aliphatic rings. The van der Waals surface area contributed by atoms with Crippen molar-refractivity contribution in [2.45, 2.75) is 18.9 Å². The van der Waals surface area contributed by atoms with E-state index < -0.39 is 18.0 Å². The predicted molar refractivity (Wildman–Crippen MR) is 123 cm³/mol. The van der Waals surface area contributed by atoms with Crippen molar-refractivity contribution in [1.82, 2.24) is 0 Å². The Bertz CT molecular complexity index is 1030. The highest BCUT2D eigenvalue weighted by Gasteiger charge is 2.24. The molecule has 2 amide bonds. The molecule has 1 unspecified atom stereocenters. The minimum atomic E-state index is -0.544. The molecule has 2 fully saturated rings. The number of hydrogen-bond donors (Lipinski definition) is 2. The maximum Gasteiger partial charge on any atom is 0.340 e. The number of morpholine rings is 1. The number of amides is 2. The van der Waals surface area contributed by atoms with Crippen LogP contribution in [0.4, 0.5) is 17.1 Å². The van der Waals surface area contributed by atoms with Crippen molar-refractivity contribution in [2.75, 3.05) is 55.6 Å². The lowest BCUT2D eigenvalue weighted by Gasteiger charge is -2.29. The molecule has 33 heavy (non-hydrogen) atoms. The zero-order valence-corrected chi connectivity index (χ0v) is 18.5. The van der Waals surface area contributed by atoms with Gasteiger partial charge in [-0.2, -0.15) is 0 Å². The van der Waals surface area contributed by atoms with E-state index in [1.165, 1.54) is 7.11 Å². The molecule has 1 atom stereocenters. The number of nitrogens with one attached hydrogen (secondary N) is 2. The molecule has 2 aromatic rings. The number of methoxy groups -OCH3 is 1. The van der Waals surface area contributed by atoms with Gasteiger partial charge in [0.25, 0.3) is 11.8 Å². The summed E-state index contributed by atoms with van der Waals surface area (Å²) >= 11 is 0. The summed E-state index contributed by atoms with van der Waals surface area (Å²) in [5.41, 5.74) is 2.30. The lowest BCUT2D eigenvalue weighted by molar-refractivity contribution is -0.124. The summed E-state index contributed by atoms with van der Waals surface area (Å²) in [5.74, 6) is -1.18. The van der Waals surface area contributed by atoms with Gasteiger partial charge in [0, 0.05) is 36.6 Å². The van der Waals surface area contributed by atoms with Gasteiger partial charge in [0.1, 0.15) is 6.10 Å². The maximum absolute atomic E-state index is 12.9. The zero-order chi connectivity index (χ0) is 23.2. The summed E-state index contributed by atoms with van der Waals surface area (Å²) in [6.07, 6.45) is 1.07. The van der Waals surface area contributed by atoms with Gasteiger partial charge >= 0.3 is 5.97 Å². The van der Waals surface area contributed by atoms with E-state index in [0.29, 0.717) is 43.2 Å². The number of hydrogen-bond acceptors (Lipinski definition) is 7. The van der Waals surface area contributed by atoms with Crippen molar-refractivity contribution in [3.63, 3.8) is 0 Å². The van der Waals surface area contributed by atoms with E-state index in [1.807, 2.05) is 6.07 Å². The van der Waals surface area contributed by atoms with E-state index in [4.69, 9.17) is 14.2 Å². The van der Waals surface area contributed by atoms with Crippen molar-refractivity contribution >= 4 is 34.8 Å². The first kappa shape index (κ1) is 22.8. The van der Waals surface area contributed by atoms with E-state index in [0.717, 1.165) is 25.2 Å². The fraction of sp³-hybridized carbons (Fsp3) is 0.375. The van der Waals surface area contributed by atoms with Gasteiger partial charge in [-0.15, -0.1) is 0 Å². The van der Waals surface area contributed by atoms with Gasteiger partial charge in [-0.1, -0.05) is 6.07 Å². The molecule has 2 saturated heterocycles. The van der Waals surface area contributed by atoms with Crippen LogP contribution in [0.5, 0.6) is 0 Å². The maximum atomic E-state index is 12.9. The van der Waals surface area contributed by atoms with Crippen LogP contribution in [0.15, 0.2) is 42.5 Å². The number of nitrogens with zero attached hydrogens (tertiary/aromatic N) is 1. The fourth-order valence-corrected chi connectivity index (χ4v) is 3.88. The summed E-state index contributed by atoms with van der Waals surface area (Å²) in [6.45, 7) is 3.25. The molecule has 0 spiro atoms. The first-order valence-corrected chi connectivity index (χ1v) is 10.9. The van der Waals surface area contributed by atoms with E-state index in [2.05, 4.69) is 15.5 Å². The van der Waals surface area contributed by atoms with E-state index in [-0.39, 0.29) is 11.5 Å². The van der Waals surface area contributed by atoms with Crippen molar-refractivity contribution in [3.05, 3.63) is 53.6 Å². The van der Waals surface area contributed by atoms with Crippen molar-refractivity contribution in [1.29, 1.82) is 0 Å². The third kappa shape index (κ3) is 5.50. The summed E-state index contributed by atoms with van der Waals surface area (Å²) in [4.78, 5) is 39.8. The SMILES string of the molecule is COC(=O)c1cc(N2CCOCC2)ccc1NC(=O)c1cccc(NC(=O)C2CCCO2)c1. The smallest absolute Gasteiger partial charge is 0.340 e. The molecular formula is C24H27N3O6. The molecule has 4 rings (SSSR count). The molecule has 2 N–H and O–H groups in total. The Kier molecular flexibility index (Phi) is 7.21. The molecule has 9 heteroatoms. The topological polar surface area (TPSA) is 106 Å². The van der Waals surface area contributed by atoms with E-state index >= 15 is 0 Å². The lowest BCUT2D eigenvalue weighted by Crippen LogP contribution is -2.36. The highest BCUT2D eigenvalue weighted by atomic mass is 16.5. The van der Waals surface area contributed by atoms with E-state index in [1.54, 1.807) is 36.4 Å². The number of esters is 1. The average Bonchev–Trinajstić information content (AvgIpc) is 3.40. The van der Waals surface area contributed by atoms with Gasteiger partial charge in [0.05, 0.1) is 31.6 Å². The first-order valence-electron chi connectivity index (χ1n) is 10.9. The molecule has 2 aliphatic heterocycles. The van der Waals surface area contributed by atoms with Crippen LogP contribution in [0.1, 0.15) is 33.6 Å². The Morgan fingerprint density at radius 1 is 1.03 bits per heavy atom. The number of anilines is 3. The second kappa shape index (κ2) is 10.5. The van der Waals surface area contributed by atoms with Crippen LogP contribution in [0.3, 0.4) is 0 Å². The lowest BCUT2D eigenvalue weighted by atomic mass is 10.1. The molecule has 2 aromatic carbocycles. The molecule has 0 aliphatic carbocycles.